The lowest BCUT2D eigenvalue weighted by Crippen LogP contribution is -2.27. The zero-order chi connectivity index (χ0) is 20.1. The molecule has 2 aromatic carbocycles. The van der Waals surface area contributed by atoms with Crippen molar-refractivity contribution in [1.82, 2.24) is 4.90 Å². The van der Waals surface area contributed by atoms with Crippen molar-refractivity contribution in [2.45, 2.75) is 0 Å². The average molecular weight is 383 g/mol. The predicted molar refractivity (Wildman–Crippen MR) is 103 cm³/mol. The fourth-order valence-corrected chi connectivity index (χ4v) is 2.50. The minimum Gasteiger partial charge on any atom is -0.493 e. The summed E-state index contributed by atoms with van der Waals surface area (Å²) in [5.41, 5.74) is 1.27. The second kappa shape index (κ2) is 8.47. The first kappa shape index (κ1) is 19.3. The number of allylic oxidation sites excluding steroid dienone is 1. The van der Waals surface area contributed by atoms with Crippen LogP contribution >= 0.6 is 0 Å². The van der Waals surface area contributed by atoms with Crippen LogP contribution < -0.4 is 18.9 Å². The van der Waals surface area contributed by atoms with Crippen molar-refractivity contribution >= 4 is 17.8 Å². The Morgan fingerprint density at radius 1 is 1.14 bits per heavy atom. The zero-order valence-electron chi connectivity index (χ0n) is 15.9. The number of ether oxygens (including phenoxy) is 4. The van der Waals surface area contributed by atoms with Crippen LogP contribution in [-0.4, -0.2) is 51.2 Å². The highest BCUT2D eigenvalue weighted by molar-refractivity contribution is 6.06. The molecule has 0 aromatic heterocycles. The van der Waals surface area contributed by atoms with Crippen LogP contribution in [0.2, 0.25) is 0 Å². The monoisotopic (exact) mass is 383 g/mol. The van der Waals surface area contributed by atoms with E-state index in [0.717, 1.165) is 5.56 Å². The van der Waals surface area contributed by atoms with Gasteiger partial charge in [-0.05, 0) is 48.0 Å². The summed E-state index contributed by atoms with van der Waals surface area (Å²) in [4.78, 5) is 25.4. The van der Waals surface area contributed by atoms with E-state index in [1.165, 1.54) is 11.0 Å². The Hall–Kier alpha value is -3.48. The third kappa shape index (κ3) is 4.43. The van der Waals surface area contributed by atoms with Crippen molar-refractivity contribution in [1.29, 1.82) is 0 Å². The molecule has 28 heavy (non-hydrogen) atoms. The van der Waals surface area contributed by atoms with Crippen LogP contribution in [-0.2, 0) is 4.79 Å². The predicted octanol–water partition coefficient (Wildman–Crippen LogP) is 2.79. The first-order chi connectivity index (χ1) is 13.5. The van der Waals surface area contributed by atoms with Crippen LogP contribution in [0.1, 0.15) is 15.9 Å². The second-order valence-electron chi connectivity index (χ2n) is 6.26. The summed E-state index contributed by atoms with van der Waals surface area (Å²) < 4.78 is 21.4. The number of amides is 1. The van der Waals surface area contributed by atoms with Gasteiger partial charge in [-0.25, -0.2) is 0 Å². The van der Waals surface area contributed by atoms with E-state index in [9.17, 15) is 9.59 Å². The third-order valence-electron chi connectivity index (χ3n) is 4.11. The van der Waals surface area contributed by atoms with Gasteiger partial charge in [0.2, 0.25) is 12.5 Å². The maximum atomic E-state index is 12.4. The average Bonchev–Trinajstić information content (AvgIpc) is 3.18. The Morgan fingerprint density at radius 2 is 1.89 bits per heavy atom. The lowest BCUT2D eigenvalue weighted by molar-refractivity contribution is -0.130. The Labute approximate surface area is 163 Å². The van der Waals surface area contributed by atoms with E-state index in [4.69, 9.17) is 18.9 Å². The van der Waals surface area contributed by atoms with Crippen molar-refractivity contribution in [2.75, 3.05) is 34.6 Å². The molecule has 0 saturated heterocycles. The van der Waals surface area contributed by atoms with Gasteiger partial charge in [0.05, 0.1) is 7.11 Å². The van der Waals surface area contributed by atoms with E-state index in [1.54, 1.807) is 63.7 Å². The van der Waals surface area contributed by atoms with Gasteiger partial charge < -0.3 is 23.8 Å². The van der Waals surface area contributed by atoms with E-state index in [-0.39, 0.29) is 25.1 Å². The second-order valence-corrected chi connectivity index (χ2v) is 6.26. The molecule has 0 fully saturated rings. The molecule has 0 atom stereocenters. The molecule has 0 bridgehead atoms. The molecule has 0 spiro atoms. The van der Waals surface area contributed by atoms with E-state index < -0.39 is 0 Å². The molecular formula is C21H21NO6. The number of rotatable bonds is 7. The molecule has 7 heteroatoms. The van der Waals surface area contributed by atoms with Crippen molar-refractivity contribution in [3.63, 3.8) is 0 Å². The van der Waals surface area contributed by atoms with Gasteiger partial charge in [-0.15, -0.1) is 0 Å². The summed E-state index contributed by atoms with van der Waals surface area (Å²) >= 11 is 0. The maximum Gasteiger partial charge on any atom is 0.259 e. The SMILES string of the molecule is COc1cc(/C=C/C(=O)c2ccc(OCC(=O)N(C)C)cc2)cc2c1OCO2. The molecule has 3 rings (SSSR count). The van der Waals surface area contributed by atoms with Gasteiger partial charge >= 0.3 is 0 Å². The maximum absolute atomic E-state index is 12.4. The molecule has 146 valence electrons. The minimum absolute atomic E-state index is 0.0495. The van der Waals surface area contributed by atoms with Crippen molar-refractivity contribution in [2.24, 2.45) is 0 Å². The van der Waals surface area contributed by atoms with Crippen molar-refractivity contribution in [3.05, 3.63) is 53.6 Å². The fourth-order valence-electron chi connectivity index (χ4n) is 2.50. The Kier molecular flexibility index (Phi) is 5.84. The van der Waals surface area contributed by atoms with Gasteiger partial charge in [-0.2, -0.15) is 0 Å². The Balaban J connectivity index is 1.65. The summed E-state index contributed by atoms with van der Waals surface area (Å²) in [6, 6.07) is 10.2. The largest absolute Gasteiger partial charge is 0.493 e. The fraction of sp³-hybridized carbons (Fsp3) is 0.238. The minimum atomic E-state index is -0.160. The number of likely N-dealkylation sites (N-methyl/N-ethyl adjacent to an activating group) is 1. The number of hydrogen-bond acceptors (Lipinski definition) is 6. The first-order valence-corrected chi connectivity index (χ1v) is 8.61. The molecular weight excluding hydrogens is 362 g/mol. The van der Waals surface area contributed by atoms with Crippen molar-refractivity contribution < 1.29 is 28.5 Å². The number of ketones is 1. The van der Waals surface area contributed by atoms with E-state index in [1.807, 2.05) is 0 Å². The van der Waals surface area contributed by atoms with E-state index in [0.29, 0.717) is 28.6 Å². The van der Waals surface area contributed by atoms with Crippen LogP contribution in [0.15, 0.2) is 42.5 Å². The summed E-state index contributed by atoms with van der Waals surface area (Å²) in [5, 5.41) is 0. The third-order valence-corrected chi connectivity index (χ3v) is 4.11. The highest BCUT2D eigenvalue weighted by atomic mass is 16.7. The molecule has 1 amide bonds. The molecule has 0 unspecified atom stereocenters. The number of carbonyl (C=O) groups is 2. The summed E-state index contributed by atoms with van der Waals surface area (Å²) in [6.07, 6.45) is 3.16. The van der Waals surface area contributed by atoms with Gasteiger partial charge in [-0.1, -0.05) is 6.08 Å². The standard InChI is InChI=1S/C21H21NO6/c1-22(2)20(24)12-26-16-7-5-15(6-8-16)17(23)9-4-14-10-18(25-3)21-19(11-14)27-13-28-21/h4-11H,12-13H2,1-3H3/b9-4+. The Morgan fingerprint density at radius 3 is 2.57 bits per heavy atom. The highest BCUT2D eigenvalue weighted by Gasteiger charge is 2.19. The molecule has 0 aliphatic carbocycles. The van der Waals surface area contributed by atoms with E-state index in [2.05, 4.69) is 0 Å². The van der Waals surface area contributed by atoms with Crippen molar-refractivity contribution in [3.8, 4) is 23.0 Å². The first-order valence-electron chi connectivity index (χ1n) is 8.61. The Bertz CT molecular complexity index is 902. The van der Waals surface area contributed by atoms with Gasteiger partial charge in [0.15, 0.2) is 23.9 Å². The lowest BCUT2D eigenvalue weighted by Gasteiger charge is -2.11. The molecule has 1 heterocycles. The molecule has 0 saturated carbocycles. The number of carbonyl (C=O) groups excluding carboxylic acids is 2. The zero-order valence-corrected chi connectivity index (χ0v) is 15.9. The topological polar surface area (TPSA) is 74.3 Å². The quantitative estimate of drug-likeness (QED) is 0.541. The summed E-state index contributed by atoms with van der Waals surface area (Å²) in [6.45, 7) is 0.0957. The van der Waals surface area contributed by atoms with Gasteiger partial charge in [0.1, 0.15) is 5.75 Å². The molecule has 1 aliphatic heterocycles. The van der Waals surface area contributed by atoms with Crippen LogP contribution in [0.3, 0.4) is 0 Å². The molecule has 7 nitrogen and oxygen atoms in total. The normalized spacial score (nSPS) is 12.1. The lowest BCUT2D eigenvalue weighted by atomic mass is 10.1. The number of fused-ring (bicyclic) bond motifs is 1. The van der Waals surface area contributed by atoms with Crippen LogP contribution in [0.4, 0.5) is 0 Å². The van der Waals surface area contributed by atoms with Gasteiger partial charge in [-0.3, -0.25) is 9.59 Å². The molecule has 2 aromatic rings. The molecule has 0 N–H and O–H groups in total. The smallest absolute Gasteiger partial charge is 0.259 e. The van der Waals surface area contributed by atoms with Crippen LogP contribution in [0.5, 0.6) is 23.0 Å². The van der Waals surface area contributed by atoms with Crippen LogP contribution in [0, 0.1) is 0 Å². The van der Waals surface area contributed by atoms with Gasteiger partial charge in [0, 0.05) is 19.7 Å². The summed E-state index contributed by atoms with van der Waals surface area (Å²) in [7, 11) is 4.87. The number of nitrogens with zero attached hydrogens (tertiary/aromatic N) is 1. The van der Waals surface area contributed by atoms with E-state index >= 15 is 0 Å². The van der Waals surface area contributed by atoms with Crippen LogP contribution in [0.25, 0.3) is 6.08 Å². The molecule has 0 radical (unpaired) electrons. The number of hydrogen-bond donors (Lipinski definition) is 0. The van der Waals surface area contributed by atoms with Gasteiger partial charge in [0.25, 0.3) is 5.91 Å². The highest BCUT2D eigenvalue weighted by Crippen LogP contribution is 2.42. The summed E-state index contributed by atoms with van der Waals surface area (Å²) in [5.74, 6) is 1.93. The number of methoxy groups -OCH3 is 1. The molecule has 1 aliphatic rings. The number of benzene rings is 2.